The molecule has 2 fully saturated rings. The molecule has 2 aliphatic heterocycles. The second-order valence-corrected chi connectivity index (χ2v) is 8.89. The number of likely N-dealkylation sites (tertiary alicyclic amines) is 1. The van der Waals surface area contributed by atoms with Gasteiger partial charge in [-0.2, -0.15) is 0 Å². The normalized spacial score (nSPS) is 21.7. The quantitative estimate of drug-likeness (QED) is 0.775. The molecule has 4 rings (SSSR count). The number of rotatable bonds is 6. The molecule has 2 saturated heterocycles. The number of hydrogen-bond acceptors (Lipinski definition) is 5. The minimum atomic E-state index is 0.348. The molecule has 0 bridgehead atoms. The molecule has 3 heterocycles. The number of methoxy groups -OCH3 is 1. The van der Waals surface area contributed by atoms with E-state index in [0.717, 1.165) is 48.9 Å². The van der Waals surface area contributed by atoms with Crippen LogP contribution in [-0.2, 0) is 17.9 Å². The molecular weight excluding hydrogens is 344 g/mol. The maximum atomic E-state index is 6.14. The van der Waals surface area contributed by atoms with E-state index in [4.69, 9.17) is 9.47 Å². The largest absolute Gasteiger partial charge is 0.497 e. The number of pyridine rings is 1. The average molecular weight is 371 g/mol. The first-order valence-corrected chi connectivity index (χ1v) is 10.2. The Bertz CT molecular complexity index is 761. The van der Waals surface area contributed by atoms with Crippen molar-refractivity contribution in [2.75, 3.05) is 26.0 Å². The number of thioether (sulfide) groups is 1. The van der Waals surface area contributed by atoms with Crippen molar-refractivity contribution in [3.63, 3.8) is 0 Å². The summed E-state index contributed by atoms with van der Waals surface area (Å²) in [5.74, 6) is 2.03. The molecule has 0 aliphatic carbocycles. The number of hydrogen-bond donors (Lipinski definition) is 0. The van der Waals surface area contributed by atoms with Crippen LogP contribution in [0.3, 0.4) is 0 Å². The summed E-state index contributed by atoms with van der Waals surface area (Å²) in [6.07, 6.45) is 1.50. The van der Waals surface area contributed by atoms with Crippen LogP contribution in [-0.4, -0.2) is 46.7 Å². The van der Waals surface area contributed by atoms with Gasteiger partial charge in [0.05, 0.1) is 25.5 Å². The maximum Gasteiger partial charge on any atom is 0.119 e. The number of ether oxygens (including phenoxy) is 2. The van der Waals surface area contributed by atoms with Gasteiger partial charge in [-0.15, -0.1) is 11.8 Å². The van der Waals surface area contributed by atoms with E-state index in [-0.39, 0.29) is 0 Å². The van der Waals surface area contributed by atoms with Crippen molar-refractivity contribution in [3.8, 4) is 5.75 Å². The Balaban J connectivity index is 1.24. The van der Waals surface area contributed by atoms with Crippen LogP contribution < -0.4 is 4.74 Å². The fourth-order valence-electron chi connectivity index (χ4n) is 3.92. The molecule has 0 unspecified atom stereocenters. The van der Waals surface area contributed by atoms with Gasteiger partial charge in [0.15, 0.2) is 0 Å². The highest BCUT2D eigenvalue weighted by atomic mass is 32.2. The van der Waals surface area contributed by atoms with Crippen LogP contribution in [0.4, 0.5) is 0 Å². The van der Waals surface area contributed by atoms with E-state index in [2.05, 4.69) is 39.8 Å². The zero-order valence-electron chi connectivity index (χ0n) is 15.5. The number of aryl methyl sites for hydroxylation is 1. The Hall–Kier alpha value is -1.56. The molecule has 4 nitrogen and oxygen atoms in total. The van der Waals surface area contributed by atoms with E-state index in [0.29, 0.717) is 17.5 Å². The minimum Gasteiger partial charge on any atom is -0.497 e. The van der Waals surface area contributed by atoms with Gasteiger partial charge < -0.3 is 9.47 Å². The lowest BCUT2D eigenvalue weighted by atomic mass is 9.92. The molecule has 0 amide bonds. The van der Waals surface area contributed by atoms with Gasteiger partial charge in [-0.25, -0.2) is 0 Å². The molecule has 1 aromatic carbocycles. The van der Waals surface area contributed by atoms with E-state index >= 15 is 0 Å². The van der Waals surface area contributed by atoms with Gasteiger partial charge in [0.1, 0.15) is 5.75 Å². The molecular formula is C21H26N2O2S. The van der Waals surface area contributed by atoms with Crippen molar-refractivity contribution in [1.82, 2.24) is 9.88 Å². The van der Waals surface area contributed by atoms with Crippen molar-refractivity contribution in [2.24, 2.45) is 0 Å². The molecule has 1 aromatic heterocycles. The predicted molar refractivity (Wildman–Crippen MR) is 106 cm³/mol. The summed E-state index contributed by atoms with van der Waals surface area (Å²) in [6.45, 7) is 5.94. The molecule has 2 aliphatic rings. The molecule has 1 spiro atoms. The number of nitrogens with zero attached hydrogens (tertiary/aromatic N) is 2. The standard InChI is InChI=1S/C21H26N2O2S/c1-16-5-3-7-18(22-16)12-25-20-10-21(26-13-20)14-23(15-21)11-17-6-4-8-19(9-17)24-2/h3-9,20H,10-15H2,1-2H3/t20-/m1/s1. The molecule has 2 aromatic rings. The number of benzene rings is 1. The summed E-state index contributed by atoms with van der Waals surface area (Å²) < 4.78 is 11.9. The van der Waals surface area contributed by atoms with Crippen LogP contribution in [0.2, 0.25) is 0 Å². The highest BCUT2D eigenvalue weighted by Gasteiger charge is 2.49. The second-order valence-electron chi connectivity index (χ2n) is 7.40. The SMILES string of the molecule is COc1cccc(CN2CC3(C[C@@H](OCc4cccc(C)n4)CS3)C2)c1. The van der Waals surface area contributed by atoms with Crippen molar-refractivity contribution < 1.29 is 9.47 Å². The van der Waals surface area contributed by atoms with Crippen LogP contribution >= 0.6 is 11.8 Å². The van der Waals surface area contributed by atoms with E-state index < -0.39 is 0 Å². The Labute approximate surface area is 159 Å². The van der Waals surface area contributed by atoms with Gasteiger partial charge in [-0.3, -0.25) is 9.88 Å². The summed E-state index contributed by atoms with van der Waals surface area (Å²) >= 11 is 2.09. The molecule has 0 N–H and O–H groups in total. The van der Waals surface area contributed by atoms with Gasteiger partial charge in [0.25, 0.3) is 0 Å². The lowest BCUT2D eigenvalue weighted by molar-refractivity contribution is 0.0250. The molecule has 0 radical (unpaired) electrons. The second kappa shape index (κ2) is 7.59. The first-order chi connectivity index (χ1) is 12.6. The Morgan fingerprint density at radius 1 is 1.23 bits per heavy atom. The van der Waals surface area contributed by atoms with Crippen LogP contribution in [0.1, 0.15) is 23.4 Å². The monoisotopic (exact) mass is 370 g/mol. The van der Waals surface area contributed by atoms with Crippen LogP contribution in [0.5, 0.6) is 5.75 Å². The third-order valence-corrected chi connectivity index (χ3v) is 6.73. The fraction of sp³-hybridized carbons (Fsp3) is 0.476. The van der Waals surface area contributed by atoms with E-state index in [1.165, 1.54) is 5.56 Å². The highest BCUT2D eigenvalue weighted by molar-refractivity contribution is 8.01. The van der Waals surface area contributed by atoms with Gasteiger partial charge in [0, 0.05) is 35.8 Å². The lowest BCUT2D eigenvalue weighted by Crippen LogP contribution is -2.58. The van der Waals surface area contributed by atoms with Crippen molar-refractivity contribution >= 4 is 11.8 Å². The summed E-state index contributed by atoms with van der Waals surface area (Å²) in [6, 6.07) is 14.5. The minimum absolute atomic E-state index is 0.348. The van der Waals surface area contributed by atoms with Crippen molar-refractivity contribution in [2.45, 2.75) is 37.3 Å². The average Bonchev–Trinajstić information content (AvgIpc) is 3.04. The summed E-state index contributed by atoms with van der Waals surface area (Å²) in [7, 11) is 1.72. The fourth-order valence-corrected chi connectivity index (χ4v) is 5.53. The Morgan fingerprint density at radius 3 is 2.88 bits per heavy atom. The molecule has 5 heteroatoms. The lowest BCUT2D eigenvalue weighted by Gasteiger charge is -2.47. The van der Waals surface area contributed by atoms with Crippen LogP contribution in [0, 0.1) is 6.92 Å². The highest BCUT2D eigenvalue weighted by Crippen LogP contribution is 2.46. The molecule has 26 heavy (non-hydrogen) atoms. The van der Waals surface area contributed by atoms with E-state index in [1.807, 2.05) is 31.2 Å². The third-order valence-electron chi connectivity index (χ3n) is 5.15. The summed E-state index contributed by atoms with van der Waals surface area (Å²) in [4.78, 5) is 7.05. The maximum absolute atomic E-state index is 6.14. The first kappa shape index (κ1) is 17.8. The van der Waals surface area contributed by atoms with Crippen molar-refractivity contribution in [1.29, 1.82) is 0 Å². The van der Waals surface area contributed by atoms with Crippen LogP contribution in [0.15, 0.2) is 42.5 Å². The summed E-state index contributed by atoms with van der Waals surface area (Å²) in [5.41, 5.74) is 3.40. The molecule has 0 saturated carbocycles. The zero-order valence-corrected chi connectivity index (χ0v) is 16.3. The van der Waals surface area contributed by atoms with Crippen LogP contribution in [0.25, 0.3) is 0 Å². The van der Waals surface area contributed by atoms with E-state index in [1.54, 1.807) is 7.11 Å². The predicted octanol–water partition coefficient (Wildman–Crippen LogP) is 3.68. The Kier molecular flexibility index (Phi) is 5.20. The van der Waals surface area contributed by atoms with Gasteiger partial charge in [0.2, 0.25) is 0 Å². The first-order valence-electron chi connectivity index (χ1n) is 9.18. The van der Waals surface area contributed by atoms with Gasteiger partial charge in [-0.1, -0.05) is 18.2 Å². The smallest absolute Gasteiger partial charge is 0.119 e. The van der Waals surface area contributed by atoms with Gasteiger partial charge in [-0.05, 0) is 43.2 Å². The number of aromatic nitrogens is 1. The van der Waals surface area contributed by atoms with Crippen molar-refractivity contribution in [3.05, 3.63) is 59.4 Å². The Morgan fingerprint density at radius 2 is 2.08 bits per heavy atom. The topological polar surface area (TPSA) is 34.6 Å². The summed E-state index contributed by atoms with van der Waals surface area (Å²) in [5, 5.41) is 0. The molecule has 138 valence electrons. The van der Waals surface area contributed by atoms with E-state index in [9.17, 15) is 0 Å². The molecule has 1 atom stereocenters. The third kappa shape index (κ3) is 4.05. The zero-order chi connectivity index (χ0) is 18.0. The van der Waals surface area contributed by atoms with Gasteiger partial charge >= 0.3 is 0 Å².